The Morgan fingerprint density at radius 3 is 2.15 bits per heavy atom. The van der Waals surface area contributed by atoms with Gasteiger partial charge >= 0.3 is 0 Å². The Morgan fingerprint density at radius 1 is 1.03 bits per heavy atom. The first-order valence-corrected chi connectivity index (χ1v) is 12.6. The van der Waals surface area contributed by atoms with E-state index < -0.39 is 6.04 Å². The van der Waals surface area contributed by atoms with Gasteiger partial charge in [0.1, 0.15) is 11.8 Å². The summed E-state index contributed by atoms with van der Waals surface area (Å²) in [6, 6.07) is 13.6. The van der Waals surface area contributed by atoms with E-state index >= 15 is 0 Å². The van der Waals surface area contributed by atoms with Crippen LogP contribution in [0.5, 0.6) is 5.75 Å². The van der Waals surface area contributed by atoms with Crippen molar-refractivity contribution in [3.05, 3.63) is 64.7 Å². The molecule has 33 heavy (non-hydrogen) atoms. The summed E-state index contributed by atoms with van der Waals surface area (Å²) in [5.41, 5.74) is 4.26. The van der Waals surface area contributed by atoms with E-state index in [4.69, 9.17) is 4.74 Å². The Kier molecular flexibility index (Phi) is 9.84. The maximum Gasteiger partial charge on any atom is 0.243 e. The molecule has 0 radical (unpaired) electrons. The van der Waals surface area contributed by atoms with Crippen molar-refractivity contribution in [3.63, 3.8) is 0 Å². The third-order valence-corrected chi connectivity index (χ3v) is 6.16. The maximum absolute atomic E-state index is 13.4. The smallest absolute Gasteiger partial charge is 0.243 e. The molecule has 0 aromatic heterocycles. The lowest BCUT2D eigenvalue weighted by Gasteiger charge is -2.33. The second-order valence-corrected chi connectivity index (χ2v) is 10.5. The van der Waals surface area contributed by atoms with E-state index in [1.165, 1.54) is 16.7 Å². The third-order valence-electron chi connectivity index (χ3n) is 5.17. The zero-order valence-electron chi connectivity index (χ0n) is 21.0. The minimum atomic E-state index is -0.527. The number of nitrogens with one attached hydrogen (secondary N) is 1. The third kappa shape index (κ3) is 8.77. The minimum Gasteiger partial charge on any atom is -0.497 e. The van der Waals surface area contributed by atoms with E-state index in [2.05, 4.69) is 37.4 Å². The number of carbonyl (C=O) groups is 2. The molecule has 0 aliphatic rings. The van der Waals surface area contributed by atoms with Crippen LogP contribution < -0.4 is 10.1 Å². The van der Waals surface area contributed by atoms with Crippen LogP contribution in [0.3, 0.4) is 0 Å². The number of rotatable bonds is 10. The first-order chi connectivity index (χ1) is 15.5. The highest BCUT2D eigenvalue weighted by molar-refractivity contribution is 7.99. The summed E-state index contributed by atoms with van der Waals surface area (Å²) in [7, 11) is 1.63. The van der Waals surface area contributed by atoms with Crippen LogP contribution in [0.2, 0.25) is 0 Å². The van der Waals surface area contributed by atoms with Gasteiger partial charge in [0.25, 0.3) is 0 Å². The molecular weight excluding hydrogens is 432 g/mol. The summed E-state index contributed by atoms with van der Waals surface area (Å²) in [5.74, 6) is 1.69. The zero-order valence-corrected chi connectivity index (χ0v) is 21.8. The molecule has 0 spiro atoms. The molecule has 0 aliphatic heterocycles. The van der Waals surface area contributed by atoms with Gasteiger partial charge < -0.3 is 15.0 Å². The molecule has 2 amide bonds. The molecule has 0 aliphatic carbocycles. The number of hydrogen-bond donors (Lipinski definition) is 1. The van der Waals surface area contributed by atoms with Crippen LogP contribution in [0.25, 0.3) is 0 Å². The van der Waals surface area contributed by atoms with E-state index in [1.807, 2.05) is 52.0 Å². The van der Waals surface area contributed by atoms with Gasteiger partial charge in [0.05, 0.1) is 12.9 Å². The van der Waals surface area contributed by atoms with Gasteiger partial charge in [-0.1, -0.05) is 48.4 Å². The van der Waals surface area contributed by atoms with E-state index in [-0.39, 0.29) is 17.4 Å². The molecule has 2 rings (SSSR count). The molecule has 5 nitrogen and oxygen atoms in total. The van der Waals surface area contributed by atoms with Crippen LogP contribution in [0.4, 0.5) is 0 Å². The molecule has 1 atom stereocenters. The number of ether oxygens (including phenoxy) is 1. The van der Waals surface area contributed by atoms with Crippen LogP contribution in [0.15, 0.2) is 42.5 Å². The minimum absolute atomic E-state index is 0.0314. The SMILES string of the molecule is CC[C@@H](C(=O)NC(C)(C)C)N(Cc1ccc(OC)cc1)C(=O)CSCc1cc(C)cc(C)c1. The van der Waals surface area contributed by atoms with Crippen LogP contribution in [0.1, 0.15) is 56.4 Å². The fraction of sp³-hybridized carbons (Fsp3) is 0.481. The summed E-state index contributed by atoms with van der Waals surface area (Å²) < 4.78 is 5.25. The van der Waals surface area contributed by atoms with Crippen LogP contribution >= 0.6 is 11.8 Å². The number of hydrogen-bond acceptors (Lipinski definition) is 4. The van der Waals surface area contributed by atoms with E-state index in [1.54, 1.807) is 23.8 Å². The van der Waals surface area contributed by atoms with Crippen molar-refractivity contribution in [3.8, 4) is 5.75 Å². The summed E-state index contributed by atoms with van der Waals surface area (Å²) in [6.45, 7) is 12.4. The number of methoxy groups -OCH3 is 1. The lowest BCUT2D eigenvalue weighted by Crippen LogP contribution is -2.53. The van der Waals surface area contributed by atoms with E-state index in [9.17, 15) is 9.59 Å². The molecule has 2 aromatic rings. The number of thioether (sulfide) groups is 1. The highest BCUT2D eigenvalue weighted by Gasteiger charge is 2.30. The number of carbonyl (C=O) groups excluding carboxylic acids is 2. The molecule has 1 N–H and O–H groups in total. The molecule has 0 heterocycles. The Labute approximate surface area is 203 Å². The predicted octanol–water partition coefficient (Wildman–Crippen LogP) is 5.27. The highest BCUT2D eigenvalue weighted by atomic mass is 32.2. The first kappa shape index (κ1) is 26.8. The first-order valence-electron chi connectivity index (χ1n) is 11.4. The monoisotopic (exact) mass is 470 g/mol. The second kappa shape index (κ2) is 12.1. The van der Waals surface area contributed by atoms with E-state index in [0.717, 1.165) is 17.1 Å². The van der Waals surface area contributed by atoms with Crippen molar-refractivity contribution >= 4 is 23.6 Å². The van der Waals surface area contributed by atoms with Gasteiger partial charge in [0.2, 0.25) is 11.8 Å². The fourth-order valence-electron chi connectivity index (χ4n) is 3.79. The average molecular weight is 471 g/mol. The number of aryl methyl sites for hydroxylation is 2. The summed E-state index contributed by atoms with van der Waals surface area (Å²) in [4.78, 5) is 28.2. The van der Waals surface area contributed by atoms with Gasteiger partial charge in [-0.25, -0.2) is 0 Å². The quantitative estimate of drug-likeness (QED) is 0.514. The number of nitrogens with zero attached hydrogens (tertiary/aromatic N) is 1. The van der Waals surface area contributed by atoms with Crippen molar-refractivity contribution in [1.82, 2.24) is 10.2 Å². The topological polar surface area (TPSA) is 58.6 Å². The van der Waals surface area contributed by atoms with Gasteiger partial charge in [0.15, 0.2) is 0 Å². The largest absolute Gasteiger partial charge is 0.497 e. The lowest BCUT2D eigenvalue weighted by atomic mass is 10.1. The number of benzene rings is 2. The predicted molar refractivity (Wildman–Crippen MR) is 138 cm³/mol. The Morgan fingerprint density at radius 2 is 1.64 bits per heavy atom. The standard InChI is InChI=1S/C27H38N2O3S/c1-8-24(26(31)28-27(4,5)6)29(16-21-9-11-23(32-7)12-10-21)25(30)18-33-17-22-14-19(2)13-20(3)15-22/h9-15,24H,8,16-18H2,1-7H3,(H,28,31)/t24-/m0/s1. The van der Waals surface area contributed by atoms with E-state index in [0.29, 0.717) is 18.7 Å². The molecule has 6 heteroatoms. The van der Waals surface area contributed by atoms with Crippen molar-refractivity contribution in [2.45, 2.75) is 71.8 Å². The lowest BCUT2D eigenvalue weighted by molar-refractivity contribution is -0.140. The molecular formula is C27H38N2O3S. The molecule has 0 saturated carbocycles. The maximum atomic E-state index is 13.4. The van der Waals surface area contributed by atoms with Gasteiger partial charge in [-0.05, 0) is 64.3 Å². The second-order valence-electron chi connectivity index (χ2n) is 9.52. The summed E-state index contributed by atoms with van der Waals surface area (Å²) in [6.07, 6.45) is 0.547. The average Bonchev–Trinajstić information content (AvgIpc) is 2.72. The molecule has 0 unspecified atom stereocenters. The Bertz CT molecular complexity index is 915. The molecule has 0 fully saturated rings. The van der Waals surface area contributed by atoms with Crippen molar-refractivity contribution in [2.24, 2.45) is 0 Å². The normalized spacial score (nSPS) is 12.2. The Balaban J connectivity index is 2.17. The molecule has 0 bridgehead atoms. The van der Waals surface area contributed by atoms with Crippen molar-refractivity contribution in [1.29, 1.82) is 0 Å². The van der Waals surface area contributed by atoms with Crippen LogP contribution in [-0.4, -0.2) is 41.2 Å². The molecule has 2 aromatic carbocycles. The summed E-state index contributed by atoms with van der Waals surface area (Å²) in [5, 5.41) is 3.04. The van der Waals surface area contributed by atoms with Gasteiger partial charge in [-0.2, -0.15) is 0 Å². The van der Waals surface area contributed by atoms with Gasteiger partial charge in [0, 0.05) is 17.8 Å². The zero-order chi connectivity index (χ0) is 24.6. The summed E-state index contributed by atoms with van der Waals surface area (Å²) >= 11 is 1.59. The van der Waals surface area contributed by atoms with Gasteiger partial charge in [-0.3, -0.25) is 9.59 Å². The molecule has 0 saturated heterocycles. The van der Waals surface area contributed by atoms with Gasteiger partial charge in [-0.15, -0.1) is 11.8 Å². The van der Waals surface area contributed by atoms with Crippen LogP contribution in [0, 0.1) is 13.8 Å². The van der Waals surface area contributed by atoms with Crippen molar-refractivity contribution < 1.29 is 14.3 Å². The highest BCUT2D eigenvalue weighted by Crippen LogP contribution is 2.20. The Hall–Kier alpha value is -2.47. The van der Waals surface area contributed by atoms with Crippen molar-refractivity contribution in [2.75, 3.05) is 12.9 Å². The van der Waals surface area contributed by atoms with Crippen LogP contribution in [-0.2, 0) is 21.9 Å². The fourth-order valence-corrected chi connectivity index (χ4v) is 4.64. The number of amides is 2. The molecule has 180 valence electrons.